The van der Waals surface area contributed by atoms with Gasteiger partial charge in [0.15, 0.2) is 14.6 Å². The summed E-state index contributed by atoms with van der Waals surface area (Å²) in [6, 6.07) is 4.83. The number of halogens is 1. The Labute approximate surface area is 120 Å². The maximum Gasteiger partial charge on any atom is 0.324 e. The first-order chi connectivity index (χ1) is 8.61. The van der Waals surface area contributed by atoms with Crippen LogP contribution in [0.15, 0.2) is 22.7 Å². The zero-order chi connectivity index (χ0) is 14.8. The van der Waals surface area contributed by atoms with Crippen LogP contribution in [-0.2, 0) is 20.4 Å². The van der Waals surface area contributed by atoms with Crippen molar-refractivity contribution in [3.8, 4) is 5.75 Å². The van der Waals surface area contributed by atoms with E-state index in [1.165, 1.54) is 21.0 Å². The molecule has 0 heterocycles. The Balaban J connectivity index is 3.09. The van der Waals surface area contributed by atoms with Crippen LogP contribution >= 0.6 is 15.9 Å². The molecule has 0 amide bonds. The van der Waals surface area contributed by atoms with E-state index in [-0.39, 0.29) is 5.75 Å². The van der Waals surface area contributed by atoms with E-state index in [0.717, 1.165) is 0 Å². The number of ether oxygens (including phenoxy) is 1. The monoisotopic (exact) mass is 350 g/mol. The number of rotatable bonds is 5. The molecule has 19 heavy (non-hydrogen) atoms. The Bertz CT molecular complexity index is 592. The van der Waals surface area contributed by atoms with Crippen LogP contribution in [0.25, 0.3) is 0 Å². The molecule has 0 aliphatic rings. The lowest BCUT2D eigenvalue weighted by atomic mass is 10.2. The van der Waals surface area contributed by atoms with Crippen LogP contribution in [0.2, 0.25) is 0 Å². The van der Waals surface area contributed by atoms with Crippen LogP contribution in [-0.4, -0.2) is 31.4 Å². The highest BCUT2D eigenvalue weighted by Crippen LogP contribution is 2.28. The predicted molar refractivity (Wildman–Crippen MR) is 75.0 cm³/mol. The summed E-state index contributed by atoms with van der Waals surface area (Å²) >= 11 is 3.26. The van der Waals surface area contributed by atoms with E-state index in [0.29, 0.717) is 15.8 Å². The number of benzene rings is 1. The molecule has 0 spiro atoms. The number of aliphatic carboxylic acids is 1. The van der Waals surface area contributed by atoms with Crippen molar-refractivity contribution < 1.29 is 23.1 Å². The fraction of sp³-hybridized carbons (Fsp3) is 0.417. The molecule has 0 fully saturated rings. The van der Waals surface area contributed by atoms with Crippen molar-refractivity contribution in [1.82, 2.24) is 0 Å². The number of carboxylic acids is 1. The molecule has 5 nitrogen and oxygen atoms in total. The topological polar surface area (TPSA) is 80.7 Å². The van der Waals surface area contributed by atoms with Crippen LogP contribution in [0.4, 0.5) is 0 Å². The highest BCUT2D eigenvalue weighted by Gasteiger charge is 2.41. The van der Waals surface area contributed by atoms with E-state index in [1.54, 1.807) is 18.2 Å². The predicted octanol–water partition coefficient (Wildman–Crippen LogP) is 2.24. The molecule has 0 unspecified atom stereocenters. The van der Waals surface area contributed by atoms with E-state index in [9.17, 15) is 13.2 Å². The van der Waals surface area contributed by atoms with Crippen LogP contribution < -0.4 is 4.74 Å². The van der Waals surface area contributed by atoms with Gasteiger partial charge in [-0.1, -0.05) is 6.07 Å². The van der Waals surface area contributed by atoms with Gasteiger partial charge in [-0.2, -0.15) is 0 Å². The van der Waals surface area contributed by atoms with Gasteiger partial charge in [0.25, 0.3) is 0 Å². The van der Waals surface area contributed by atoms with Gasteiger partial charge in [0, 0.05) is 0 Å². The van der Waals surface area contributed by atoms with Crippen LogP contribution in [0, 0.1) is 0 Å². The summed E-state index contributed by atoms with van der Waals surface area (Å²) < 4.78 is 28.0. The summed E-state index contributed by atoms with van der Waals surface area (Å²) in [4.78, 5) is 11.0. The number of sulfone groups is 1. The number of hydrogen-bond donors (Lipinski definition) is 1. The van der Waals surface area contributed by atoms with E-state index >= 15 is 0 Å². The fourth-order valence-corrected chi connectivity index (χ4v) is 3.17. The highest BCUT2D eigenvalue weighted by atomic mass is 79.9. The smallest absolute Gasteiger partial charge is 0.324 e. The lowest BCUT2D eigenvalue weighted by molar-refractivity contribution is -0.139. The van der Waals surface area contributed by atoms with E-state index < -0.39 is 20.6 Å². The summed E-state index contributed by atoms with van der Waals surface area (Å²) in [5, 5.41) is 8.98. The molecule has 0 aliphatic heterocycles. The van der Waals surface area contributed by atoms with Gasteiger partial charge in [-0.05, 0) is 47.5 Å². The molecular weight excluding hydrogens is 336 g/mol. The zero-order valence-corrected chi connectivity index (χ0v) is 13.2. The minimum atomic E-state index is -3.81. The fourth-order valence-electron chi connectivity index (χ4n) is 1.33. The largest absolute Gasteiger partial charge is 0.496 e. The molecule has 0 atom stereocenters. The summed E-state index contributed by atoms with van der Waals surface area (Å²) in [6.45, 7) is 2.37. The lowest BCUT2D eigenvalue weighted by Crippen LogP contribution is -2.41. The first kappa shape index (κ1) is 16.0. The van der Waals surface area contributed by atoms with E-state index in [4.69, 9.17) is 9.84 Å². The van der Waals surface area contributed by atoms with Crippen molar-refractivity contribution >= 4 is 31.7 Å². The van der Waals surface area contributed by atoms with Gasteiger partial charge in [0.1, 0.15) is 5.75 Å². The Morgan fingerprint density at radius 3 is 2.42 bits per heavy atom. The molecule has 1 aromatic carbocycles. The highest BCUT2D eigenvalue weighted by molar-refractivity contribution is 9.10. The van der Waals surface area contributed by atoms with Crippen LogP contribution in [0.3, 0.4) is 0 Å². The second-order valence-electron chi connectivity index (χ2n) is 4.54. The number of methoxy groups -OCH3 is 1. The number of carboxylic acid groups (broad SMARTS) is 1. The zero-order valence-electron chi connectivity index (χ0n) is 10.8. The van der Waals surface area contributed by atoms with E-state index in [2.05, 4.69) is 15.9 Å². The van der Waals surface area contributed by atoms with Crippen molar-refractivity contribution in [3.05, 3.63) is 28.2 Å². The third-order valence-electron chi connectivity index (χ3n) is 2.87. The van der Waals surface area contributed by atoms with Crippen molar-refractivity contribution in [2.24, 2.45) is 0 Å². The third kappa shape index (κ3) is 3.27. The Morgan fingerprint density at radius 1 is 1.42 bits per heavy atom. The molecule has 106 valence electrons. The minimum Gasteiger partial charge on any atom is -0.496 e. The number of carbonyl (C=O) groups is 1. The van der Waals surface area contributed by atoms with Crippen molar-refractivity contribution in [2.75, 3.05) is 7.11 Å². The van der Waals surface area contributed by atoms with Crippen molar-refractivity contribution in [3.63, 3.8) is 0 Å². The third-order valence-corrected chi connectivity index (χ3v) is 5.93. The van der Waals surface area contributed by atoms with Gasteiger partial charge in [0.2, 0.25) is 0 Å². The average molecular weight is 351 g/mol. The molecule has 0 aliphatic carbocycles. The van der Waals surface area contributed by atoms with Crippen molar-refractivity contribution in [2.45, 2.75) is 24.3 Å². The molecule has 0 bridgehead atoms. The summed E-state index contributed by atoms with van der Waals surface area (Å²) in [7, 11) is -2.31. The van der Waals surface area contributed by atoms with Crippen LogP contribution in [0.5, 0.6) is 5.75 Å². The lowest BCUT2D eigenvalue weighted by Gasteiger charge is -2.19. The normalized spacial score (nSPS) is 12.2. The van der Waals surface area contributed by atoms with Gasteiger partial charge >= 0.3 is 5.97 Å². The maximum atomic E-state index is 12.1. The minimum absolute atomic E-state index is 0.338. The summed E-state index contributed by atoms with van der Waals surface area (Å²) in [5.74, 6) is -1.12. The van der Waals surface area contributed by atoms with Gasteiger partial charge < -0.3 is 9.84 Å². The van der Waals surface area contributed by atoms with Gasteiger partial charge in [-0.3, -0.25) is 4.79 Å². The van der Waals surface area contributed by atoms with Crippen LogP contribution in [0.1, 0.15) is 19.4 Å². The van der Waals surface area contributed by atoms with Gasteiger partial charge in [-0.15, -0.1) is 0 Å². The SMILES string of the molecule is COc1ccc(CS(=O)(=O)C(C)(C)C(=O)O)cc1Br. The Kier molecular flexibility index (Phi) is 4.63. The average Bonchev–Trinajstić information content (AvgIpc) is 2.28. The molecule has 0 saturated heterocycles. The summed E-state index contributed by atoms with van der Waals surface area (Å²) in [5.41, 5.74) is 0.502. The summed E-state index contributed by atoms with van der Waals surface area (Å²) in [6.07, 6.45) is 0. The number of hydrogen-bond acceptors (Lipinski definition) is 4. The first-order valence-electron chi connectivity index (χ1n) is 5.40. The molecule has 7 heteroatoms. The second kappa shape index (κ2) is 5.50. The molecular formula is C12H15BrO5S. The molecule has 0 radical (unpaired) electrons. The Morgan fingerprint density at radius 2 is 2.00 bits per heavy atom. The second-order valence-corrected chi connectivity index (χ2v) is 7.94. The molecule has 1 aromatic rings. The standard InChI is InChI=1S/C12H15BrO5S/c1-12(2,11(14)15)19(16,17)7-8-4-5-10(18-3)9(13)6-8/h4-6H,7H2,1-3H3,(H,14,15). The maximum absolute atomic E-state index is 12.1. The van der Waals surface area contributed by atoms with E-state index in [1.807, 2.05) is 0 Å². The molecule has 1 N–H and O–H groups in total. The molecule has 0 aromatic heterocycles. The van der Waals surface area contributed by atoms with Crippen molar-refractivity contribution in [1.29, 1.82) is 0 Å². The van der Waals surface area contributed by atoms with Gasteiger partial charge in [0.05, 0.1) is 17.3 Å². The Hall–Kier alpha value is -1.08. The quantitative estimate of drug-likeness (QED) is 0.880. The van der Waals surface area contributed by atoms with Gasteiger partial charge in [-0.25, -0.2) is 8.42 Å². The molecule has 1 rings (SSSR count). The molecule has 0 saturated carbocycles. The first-order valence-corrected chi connectivity index (χ1v) is 7.84.